The molecule has 1 heterocycles. The molecule has 0 N–H and O–H groups in total. The van der Waals surface area contributed by atoms with Gasteiger partial charge in [-0.05, 0) is 61.9 Å². The number of furan rings is 1. The van der Waals surface area contributed by atoms with Crippen LogP contribution in [0.15, 0.2) is 105 Å². The number of para-hydroxylation sites is 1. The molecule has 1 aromatic heterocycles. The molecule has 0 fully saturated rings. The average molecular weight is 517 g/mol. The third kappa shape index (κ3) is 6.02. The molecule has 0 aliphatic carbocycles. The Morgan fingerprint density at radius 2 is 1.71 bits per heavy atom. The second-order valence-electron chi connectivity index (χ2n) is 7.97. The van der Waals surface area contributed by atoms with Gasteiger partial charge in [-0.25, -0.2) is 4.79 Å². The molecular weight excluding hydrogens is 492 g/mol. The van der Waals surface area contributed by atoms with Crippen molar-refractivity contribution in [1.82, 2.24) is 0 Å². The Morgan fingerprint density at radius 1 is 1.00 bits per heavy atom. The van der Waals surface area contributed by atoms with Gasteiger partial charge in [0.25, 0.3) is 0 Å². The Hall–Kier alpha value is -3.64. The number of carbonyl (C=O) groups excluding carboxylic acids is 1. The molecule has 0 saturated carbocycles. The molecule has 0 aliphatic rings. The first-order valence-corrected chi connectivity index (χ1v) is 11.8. The van der Waals surface area contributed by atoms with Crippen LogP contribution in [0.4, 0.5) is 5.69 Å². The van der Waals surface area contributed by atoms with E-state index in [1.54, 1.807) is 12.3 Å². The van der Waals surface area contributed by atoms with Gasteiger partial charge in [-0.1, -0.05) is 64.5 Å². The highest BCUT2D eigenvalue weighted by Crippen LogP contribution is 2.29. The minimum absolute atomic E-state index is 0.216. The highest BCUT2D eigenvalue weighted by molar-refractivity contribution is 9.10. The number of anilines is 1. The zero-order valence-corrected chi connectivity index (χ0v) is 20.6. The van der Waals surface area contributed by atoms with Gasteiger partial charge in [0.05, 0.1) is 30.1 Å². The van der Waals surface area contributed by atoms with E-state index in [9.17, 15) is 4.79 Å². The topological polar surface area (TPSA) is 55.0 Å². The second-order valence-corrected chi connectivity index (χ2v) is 8.89. The number of rotatable bonds is 8. The monoisotopic (exact) mass is 516 g/mol. The molecule has 0 saturated heterocycles. The molecule has 0 radical (unpaired) electrons. The van der Waals surface area contributed by atoms with E-state index in [4.69, 9.17) is 14.3 Å². The van der Waals surface area contributed by atoms with Crippen molar-refractivity contribution in [2.24, 2.45) is 5.10 Å². The van der Waals surface area contributed by atoms with Crippen LogP contribution >= 0.6 is 15.9 Å². The number of nitrogens with zero attached hydrogens (tertiary/aromatic N) is 2. The molecule has 34 heavy (non-hydrogen) atoms. The molecule has 0 aliphatic heterocycles. The lowest BCUT2D eigenvalue weighted by Gasteiger charge is -2.19. The van der Waals surface area contributed by atoms with Crippen LogP contribution in [0.3, 0.4) is 0 Å². The first-order chi connectivity index (χ1) is 16.5. The molecule has 0 bridgehead atoms. The summed E-state index contributed by atoms with van der Waals surface area (Å²) in [6, 6.07) is 29.3. The smallest absolute Gasteiger partial charge is 0.339 e. The molecular formula is C28H25BrN2O3. The molecule has 0 atom stereocenters. The van der Waals surface area contributed by atoms with Gasteiger partial charge in [-0.2, -0.15) is 5.10 Å². The zero-order valence-electron chi connectivity index (χ0n) is 19.0. The Balaban J connectivity index is 1.60. The fourth-order valence-electron chi connectivity index (χ4n) is 3.43. The van der Waals surface area contributed by atoms with E-state index < -0.39 is 5.97 Å². The number of esters is 1. The molecule has 172 valence electrons. The van der Waals surface area contributed by atoms with Crippen molar-refractivity contribution in [2.75, 3.05) is 5.01 Å². The van der Waals surface area contributed by atoms with Gasteiger partial charge in [0.2, 0.25) is 0 Å². The Kier molecular flexibility index (Phi) is 7.60. The lowest BCUT2D eigenvalue weighted by atomic mass is 10.1. The highest BCUT2D eigenvalue weighted by Gasteiger charge is 2.18. The van der Waals surface area contributed by atoms with Crippen LogP contribution in [-0.2, 0) is 11.3 Å². The summed E-state index contributed by atoms with van der Waals surface area (Å²) < 4.78 is 12.2. The van der Waals surface area contributed by atoms with E-state index in [0.29, 0.717) is 29.2 Å². The number of carbonyl (C=O) groups is 1. The summed E-state index contributed by atoms with van der Waals surface area (Å²) in [6.07, 6.45) is 1.47. The maximum atomic E-state index is 12.6. The van der Waals surface area contributed by atoms with E-state index >= 15 is 0 Å². The van der Waals surface area contributed by atoms with Gasteiger partial charge < -0.3 is 9.15 Å². The van der Waals surface area contributed by atoms with Gasteiger partial charge in [-0.15, -0.1) is 0 Å². The van der Waals surface area contributed by atoms with Crippen molar-refractivity contribution in [3.05, 3.63) is 112 Å². The Bertz CT molecular complexity index is 1270. The molecule has 6 heteroatoms. The van der Waals surface area contributed by atoms with Gasteiger partial charge in [0.15, 0.2) is 0 Å². The van der Waals surface area contributed by atoms with Gasteiger partial charge in [-0.3, -0.25) is 5.01 Å². The summed E-state index contributed by atoms with van der Waals surface area (Å²) in [5.74, 6) is 0.755. The van der Waals surface area contributed by atoms with Crippen molar-refractivity contribution in [2.45, 2.75) is 26.5 Å². The number of hydrogen-bond donors (Lipinski definition) is 0. The third-order valence-corrected chi connectivity index (χ3v) is 5.48. The van der Waals surface area contributed by atoms with Crippen LogP contribution in [0.5, 0.6) is 0 Å². The summed E-state index contributed by atoms with van der Waals surface area (Å²) in [4.78, 5) is 12.6. The number of benzene rings is 3. The minimum atomic E-state index is -0.393. The maximum Gasteiger partial charge on any atom is 0.339 e. The molecule has 4 aromatic rings. The standard InChI is InChI=1S/C28H25BrN2O3/c1-20(2)33-28(32)26-17-22(29)13-15-25(26)27-16-14-24(34-27)18-30-31(23-11-7-4-8-12-23)19-21-9-5-3-6-10-21/h3-18,20H,19H2,1-2H3. The quantitative estimate of drug-likeness (QED) is 0.140. The summed E-state index contributed by atoms with van der Waals surface area (Å²) >= 11 is 3.43. The summed E-state index contributed by atoms with van der Waals surface area (Å²) in [5.41, 5.74) is 3.22. The summed E-state index contributed by atoms with van der Waals surface area (Å²) in [7, 11) is 0. The summed E-state index contributed by atoms with van der Waals surface area (Å²) in [5, 5.41) is 6.61. The second kappa shape index (κ2) is 11.0. The molecule has 3 aromatic carbocycles. The first-order valence-electron chi connectivity index (χ1n) is 11.0. The van der Waals surface area contributed by atoms with Crippen molar-refractivity contribution in [3.8, 4) is 11.3 Å². The zero-order chi connectivity index (χ0) is 23.9. The van der Waals surface area contributed by atoms with E-state index in [1.807, 2.05) is 91.7 Å². The van der Waals surface area contributed by atoms with Crippen LogP contribution in [0.1, 0.15) is 35.5 Å². The average Bonchev–Trinajstić information content (AvgIpc) is 3.31. The van der Waals surface area contributed by atoms with Crippen molar-refractivity contribution in [3.63, 3.8) is 0 Å². The van der Waals surface area contributed by atoms with Gasteiger partial charge >= 0.3 is 5.97 Å². The molecule has 0 spiro atoms. The Morgan fingerprint density at radius 3 is 2.41 bits per heavy atom. The van der Waals surface area contributed by atoms with Gasteiger partial charge in [0.1, 0.15) is 11.5 Å². The number of hydrogen-bond acceptors (Lipinski definition) is 5. The molecule has 4 rings (SSSR count). The highest BCUT2D eigenvalue weighted by atomic mass is 79.9. The van der Waals surface area contributed by atoms with Crippen molar-refractivity contribution >= 4 is 33.8 Å². The fourth-order valence-corrected chi connectivity index (χ4v) is 3.79. The number of ether oxygens (including phenoxy) is 1. The predicted octanol–water partition coefficient (Wildman–Crippen LogP) is 7.32. The van der Waals surface area contributed by atoms with Gasteiger partial charge in [0, 0.05) is 10.0 Å². The first kappa shape index (κ1) is 23.5. The predicted molar refractivity (Wildman–Crippen MR) is 139 cm³/mol. The molecule has 0 unspecified atom stereocenters. The van der Waals surface area contributed by atoms with E-state index in [-0.39, 0.29) is 6.10 Å². The van der Waals surface area contributed by atoms with Crippen LogP contribution in [-0.4, -0.2) is 18.3 Å². The van der Waals surface area contributed by atoms with E-state index in [2.05, 4.69) is 28.1 Å². The largest absolute Gasteiger partial charge is 0.459 e. The van der Waals surface area contributed by atoms with Crippen molar-refractivity contribution < 1.29 is 13.9 Å². The lowest BCUT2D eigenvalue weighted by molar-refractivity contribution is 0.0378. The Labute approximate surface area is 207 Å². The van der Waals surface area contributed by atoms with E-state index in [0.717, 1.165) is 15.7 Å². The third-order valence-electron chi connectivity index (χ3n) is 4.99. The van der Waals surface area contributed by atoms with Crippen LogP contribution in [0, 0.1) is 0 Å². The van der Waals surface area contributed by atoms with Crippen molar-refractivity contribution in [1.29, 1.82) is 0 Å². The van der Waals surface area contributed by atoms with Crippen LogP contribution in [0.25, 0.3) is 11.3 Å². The lowest BCUT2D eigenvalue weighted by Crippen LogP contribution is -2.15. The number of hydrazone groups is 1. The maximum absolute atomic E-state index is 12.6. The summed E-state index contributed by atoms with van der Waals surface area (Å²) in [6.45, 7) is 4.27. The molecule has 0 amide bonds. The minimum Gasteiger partial charge on any atom is -0.459 e. The molecule has 5 nitrogen and oxygen atoms in total. The normalized spacial score (nSPS) is 11.2. The fraction of sp³-hybridized carbons (Fsp3) is 0.143. The van der Waals surface area contributed by atoms with E-state index in [1.165, 1.54) is 0 Å². The van der Waals surface area contributed by atoms with Crippen LogP contribution < -0.4 is 5.01 Å². The SMILES string of the molecule is CC(C)OC(=O)c1cc(Br)ccc1-c1ccc(C=NN(Cc2ccccc2)c2ccccc2)o1. The van der Waals surface area contributed by atoms with Crippen LogP contribution in [0.2, 0.25) is 0 Å². The number of halogens is 1.